The van der Waals surface area contributed by atoms with Gasteiger partial charge < -0.3 is 14.3 Å². The number of esters is 1. The summed E-state index contributed by atoms with van der Waals surface area (Å²) in [5.41, 5.74) is 1.49. The number of allylic oxidation sites excluding steroid dienone is 2. The Hall–Kier alpha value is -2.81. The van der Waals surface area contributed by atoms with Crippen LogP contribution in [0.3, 0.4) is 0 Å². The summed E-state index contributed by atoms with van der Waals surface area (Å²) in [6, 6.07) is 7.90. The van der Waals surface area contributed by atoms with Crippen molar-refractivity contribution in [3.05, 3.63) is 45.8 Å². The Morgan fingerprint density at radius 1 is 1.04 bits per heavy atom. The molecule has 1 heterocycles. The number of benzene rings is 1. The molecule has 0 bridgehead atoms. The molecular weight excluding hydrogens is 720 g/mol. The topological polar surface area (TPSA) is 120 Å². The number of hydrogen-bond donors (Lipinski definition) is 1. The van der Waals surface area contributed by atoms with Crippen LogP contribution in [0.1, 0.15) is 139 Å². The molecule has 0 aliphatic heterocycles. The Balaban J connectivity index is 1.30. The van der Waals surface area contributed by atoms with Crippen molar-refractivity contribution in [2.75, 3.05) is 0 Å². The zero-order valence-corrected chi connectivity index (χ0v) is 34.3. The van der Waals surface area contributed by atoms with Crippen molar-refractivity contribution < 1.29 is 28.6 Å². The summed E-state index contributed by atoms with van der Waals surface area (Å²) in [6.07, 6.45) is 8.62. The summed E-state index contributed by atoms with van der Waals surface area (Å²) in [7, 11) is 0. The molecule has 4 aliphatic rings. The summed E-state index contributed by atoms with van der Waals surface area (Å²) in [5.74, 6) is 1.23. The smallest absolute Gasteiger partial charge is 0.309 e. The zero-order valence-electron chi connectivity index (χ0n) is 32.7. The van der Waals surface area contributed by atoms with Gasteiger partial charge in [-0.3, -0.25) is 14.4 Å². The molecule has 8 nitrogen and oxygen atoms in total. The monoisotopic (exact) mass is 778 g/mol. The van der Waals surface area contributed by atoms with Gasteiger partial charge in [-0.15, -0.1) is 10.2 Å². The van der Waals surface area contributed by atoms with Crippen molar-refractivity contribution in [1.29, 1.82) is 0 Å². The van der Waals surface area contributed by atoms with E-state index in [0.29, 0.717) is 36.5 Å². The molecule has 2 aromatic rings. The highest BCUT2D eigenvalue weighted by Crippen LogP contribution is 2.74. The first-order valence-electron chi connectivity index (χ1n) is 19.6. The zero-order chi connectivity index (χ0) is 38.0. The first-order chi connectivity index (χ1) is 24.3. The van der Waals surface area contributed by atoms with Gasteiger partial charge in [-0.05, 0) is 147 Å². The molecule has 1 aromatic heterocycles. The van der Waals surface area contributed by atoms with Gasteiger partial charge in [0.05, 0.1) is 17.3 Å². The van der Waals surface area contributed by atoms with Gasteiger partial charge in [-0.2, -0.15) is 0 Å². The number of rotatable bonds is 11. The summed E-state index contributed by atoms with van der Waals surface area (Å²) in [6.45, 7) is 19.5. The van der Waals surface area contributed by atoms with Crippen LogP contribution >= 0.6 is 15.9 Å². The van der Waals surface area contributed by atoms with E-state index in [1.54, 1.807) is 13.8 Å². The highest BCUT2D eigenvalue weighted by Gasteiger charge is 2.68. The van der Waals surface area contributed by atoms with Gasteiger partial charge in [0.15, 0.2) is 5.78 Å². The molecule has 1 unspecified atom stereocenters. The molecule has 6 rings (SSSR count). The number of nitrogens with zero attached hydrogens (tertiary/aromatic N) is 2. The van der Waals surface area contributed by atoms with Crippen LogP contribution in [0.5, 0.6) is 0 Å². The van der Waals surface area contributed by atoms with E-state index in [2.05, 4.69) is 62.6 Å². The molecule has 8 atom stereocenters. The molecule has 0 saturated heterocycles. The maximum absolute atomic E-state index is 14.1. The van der Waals surface area contributed by atoms with Gasteiger partial charge in [0.2, 0.25) is 11.8 Å². The number of aliphatic carboxylic acids is 1. The first-order valence-corrected chi connectivity index (χ1v) is 20.4. The number of fused-ring (bicyclic) bond motifs is 5. The van der Waals surface area contributed by atoms with Crippen molar-refractivity contribution in [2.45, 2.75) is 144 Å². The Labute approximate surface area is 318 Å². The van der Waals surface area contributed by atoms with Gasteiger partial charge in [0.1, 0.15) is 6.10 Å². The number of carbonyl (C=O) groups is 3. The van der Waals surface area contributed by atoms with Crippen molar-refractivity contribution in [3.63, 3.8) is 0 Å². The second-order valence-corrected chi connectivity index (χ2v) is 19.4. The third-order valence-electron chi connectivity index (χ3n) is 15.0. The minimum absolute atomic E-state index is 0.0193. The van der Waals surface area contributed by atoms with Crippen molar-refractivity contribution in [2.24, 2.45) is 45.3 Å². The number of aromatic nitrogens is 2. The lowest BCUT2D eigenvalue weighted by atomic mass is 9.35. The molecular formula is C43H59BrN2O6. The van der Waals surface area contributed by atoms with E-state index in [1.807, 2.05) is 31.2 Å². The minimum atomic E-state index is -1.16. The fourth-order valence-corrected chi connectivity index (χ4v) is 11.7. The summed E-state index contributed by atoms with van der Waals surface area (Å²) in [5, 5.41) is 18.8. The Kier molecular flexibility index (Phi) is 10.3. The highest BCUT2D eigenvalue weighted by molar-refractivity contribution is 9.10. The van der Waals surface area contributed by atoms with Gasteiger partial charge >= 0.3 is 11.9 Å². The molecule has 4 aliphatic carbocycles. The van der Waals surface area contributed by atoms with E-state index < -0.39 is 22.8 Å². The molecule has 3 fully saturated rings. The molecule has 52 heavy (non-hydrogen) atoms. The van der Waals surface area contributed by atoms with E-state index in [9.17, 15) is 19.5 Å². The lowest BCUT2D eigenvalue weighted by Crippen LogP contribution is -2.62. The fourth-order valence-electron chi connectivity index (χ4n) is 11.4. The van der Waals surface area contributed by atoms with Crippen LogP contribution in [0, 0.1) is 45.3 Å². The number of carbonyl (C=O) groups excluding carboxylic acids is 2. The molecule has 3 saturated carbocycles. The number of carboxylic acid groups (broad SMARTS) is 1. The first kappa shape index (κ1) is 38.9. The van der Waals surface area contributed by atoms with E-state index in [-0.39, 0.29) is 46.4 Å². The van der Waals surface area contributed by atoms with Gasteiger partial charge in [0, 0.05) is 16.5 Å². The van der Waals surface area contributed by atoms with Crippen LogP contribution in [0.15, 0.2) is 44.3 Å². The fraction of sp³-hybridized carbons (Fsp3) is 0.698. The third-order valence-corrected chi connectivity index (χ3v) is 15.5. The maximum Gasteiger partial charge on any atom is 0.309 e. The number of carboxylic acids is 1. The van der Waals surface area contributed by atoms with Crippen molar-refractivity contribution >= 4 is 33.7 Å². The molecule has 0 radical (unpaired) electrons. The SMILES string of the molecule is CC[C@H](CC[C@]1(C)C2CC[C@@H]3C4=C(C(C)C)C(=O)C[C@]4(c4nnc(-c5ccc(Br)cc5)o4)CC[C@@]3(C)[C@]2(C)CC[C@H]1C)OC(=O)CC(C)(C)C(=O)O. The molecule has 1 N–H and O–H groups in total. The predicted octanol–water partition coefficient (Wildman–Crippen LogP) is 10.5. The number of hydrogen-bond acceptors (Lipinski definition) is 7. The van der Waals surface area contributed by atoms with Crippen LogP contribution in [-0.4, -0.2) is 39.1 Å². The van der Waals surface area contributed by atoms with Crippen LogP contribution in [0.2, 0.25) is 0 Å². The van der Waals surface area contributed by atoms with Crippen LogP contribution in [0.4, 0.5) is 0 Å². The lowest BCUT2D eigenvalue weighted by molar-refractivity contribution is -0.184. The second kappa shape index (κ2) is 13.8. The second-order valence-electron chi connectivity index (χ2n) is 18.5. The summed E-state index contributed by atoms with van der Waals surface area (Å²) in [4.78, 5) is 38.6. The third kappa shape index (κ3) is 6.22. The predicted molar refractivity (Wildman–Crippen MR) is 204 cm³/mol. The van der Waals surface area contributed by atoms with Gasteiger partial charge in [-0.25, -0.2) is 0 Å². The molecule has 284 valence electrons. The average Bonchev–Trinajstić information content (AvgIpc) is 3.69. The van der Waals surface area contributed by atoms with Crippen LogP contribution in [-0.2, 0) is 24.5 Å². The maximum atomic E-state index is 14.1. The Bertz CT molecular complexity index is 1750. The quantitative estimate of drug-likeness (QED) is 0.224. The molecule has 1 aromatic carbocycles. The van der Waals surface area contributed by atoms with Gasteiger partial charge in [0.25, 0.3) is 0 Å². The van der Waals surface area contributed by atoms with Crippen LogP contribution in [0.25, 0.3) is 11.5 Å². The van der Waals surface area contributed by atoms with E-state index >= 15 is 0 Å². The summed E-state index contributed by atoms with van der Waals surface area (Å²) < 4.78 is 13.5. The Morgan fingerprint density at radius 3 is 2.37 bits per heavy atom. The standard InChI is InChI=1S/C43H59BrN2O6/c1-10-29(51-33(48)24-39(5,6)38(49)50)18-19-40(7)26(4)17-20-42(9)32(40)16-15-30-35-34(25(2)3)31(47)23-43(35,22-21-41(30,42)8)37-46-45-36(52-37)27-11-13-28(44)14-12-27/h11-14,25-26,29-30,32H,10,15-24H2,1-9H3,(H,49,50)/t26-,29-,30-,32?,40+,41-,42-,43-/m1/s1. The number of halogens is 1. The molecule has 0 amide bonds. The normalized spacial score (nSPS) is 33.8. The minimum Gasteiger partial charge on any atom is -0.481 e. The number of Topliss-reactive ketones (excluding diaryl/α,β-unsaturated/α-hetero) is 1. The average molecular weight is 780 g/mol. The van der Waals surface area contributed by atoms with E-state index in [0.717, 1.165) is 67.0 Å². The van der Waals surface area contributed by atoms with E-state index in [4.69, 9.17) is 14.3 Å². The lowest BCUT2D eigenvalue weighted by Gasteiger charge is -2.69. The largest absolute Gasteiger partial charge is 0.481 e. The summed E-state index contributed by atoms with van der Waals surface area (Å²) >= 11 is 3.52. The van der Waals surface area contributed by atoms with Crippen molar-refractivity contribution in [1.82, 2.24) is 10.2 Å². The highest BCUT2D eigenvalue weighted by atomic mass is 79.9. The van der Waals surface area contributed by atoms with Crippen molar-refractivity contribution in [3.8, 4) is 11.5 Å². The molecule has 9 heteroatoms. The van der Waals surface area contributed by atoms with Gasteiger partial charge in [-0.1, -0.05) is 64.4 Å². The molecule has 0 spiro atoms. The van der Waals surface area contributed by atoms with E-state index in [1.165, 1.54) is 5.57 Å². The number of ether oxygens (including phenoxy) is 1. The number of ketones is 1. The van der Waals surface area contributed by atoms with Crippen LogP contribution < -0.4 is 0 Å². The Morgan fingerprint density at radius 2 is 1.73 bits per heavy atom.